The number of carbonyl (C=O) groups excluding carboxylic acids is 1. The minimum atomic E-state index is -0.0689. The molecule has 0 atom stereocenters. The average molecular weight is 246 g/mol. The fraction of sp³-hybridized carbons (Fsp3) is 0.533. The van der Waals surface area contributed by atoms with Gasteiger partial charge in [-0.05, 0) is 31.4 Å². The van der Waals surface area contributed by atoms with Crippen molar-refractivity contribution in [3.05, 3.63) is 35.4 Å². The van der Waals surface area contributed by atoms with E-state index in [1.807, 2.05) is 14.1 Å². The van der Waals surface area contributed by atoms with Gasteiger partial charge < -0.3 is 4.90 Å². The van der Waals surface area contributed by atoms with Crippen molar-refractivity contribution in [1.82, 2.24) is 9.80 Å². The zero-order valence-electron chi connectivity index (χ0n) is 11.7. The van der Waals surface area contributed by atoms with E-state index in [9.17, 15) is 4.79 Å². The third-order valence-corrected chi connectivity index (χ3v) is 3.94. The van der Waals surface area contributed by atoms with Crippen molar-refractivity contribution in [3.8, 4) is 0 Å². The van der Waals surface area contributed by atoms with E-state index in [1.165, 1.54) is 11.1 Å². The molecule has 0 fully saturated rings. The summed E-state index contributed by atoms with van der Waals surface area (Å²) in [5.41, 5.74) is 2.69. The SMILES string of the molecule is CN(C)C(=O)CN1CCc2ccccc2C1(C)C. The monoisotopic (exact) mass is 246 g/mol. The largest absolute Gasteiger partial charge is 0.348 e. The fourth-order valence-electron chi connectivity index (χ4n) is 2.62. The Hall–Kier alpha value is -1.35. The van der Waals surface area contributed by atoms with Crippen LogP contribution in [0.2, 0.25) is 0 Å². The van der Waals surface area contributed by atoms with Crippen molar-refractivity contribution in [2.75, 3.05) is 27.2 Å². The number of carbonyl (C=O) groups is 1. The maximum Gasteiger partial charge on any atom is 0.236 e. The average Bonchev–Trinajstić information content (AvgIpc) is 2.33. The Balaban J connectivity index is 2.24. The number of benzene rings is 1. The van der Waals surface area contributed by atoms with Crippen LogP contribution in [0, 0.1) is 0 Å². The molecule has 1 aliphatic rings. The predicted molar refractivity (Wildman–Crippen MR) is 73.4 cm³/mol. The van der Waals surface area contributed by atoms with Gasteiger partial charge in [0.05, 0.1) is 6.54 Å². The number of amides is 1. The Labute approximate surface area is 109 Å². The number of likely N-dealkylation sites (N-methyl/N-ethyl adjacent to an activating group) is 1. The first kappa shape index (κ1) is 13.1. The van der Waals surface area contributed by atoms with Crippen LogP contribution in [-0.4, -0.2) is 42.9 Å². The summed E-state index contributed by atoms with van der Waals surface area (Å²) < 4.78 is 0. The van der Waals surface area contributed by atoms with E-state index in [4.69, 9.17) is 0 Å². The van der Waals surface area contributed by atoms with Gasteiger partial charge in [-0.1, -0.05) is 24.3 Å². The summed E-state index contributed by atoms with van der Waals surface area (Å²) in [6.45, 7) is 5.85. The van der Waals surface area contributed by atoms with Gasteiger partial charge in [0.2, 0.25) is 5.91 Å². The Morgan fingerprint density at radius 1 is 1.33 bits per heavy atom. The molecule has 0 unspecified atom stereocenters. The molecule has 0 saturated heterocycles. The third-order valence-electron chi connectivity index (χ3n) is 3.94. The lowest BCUT2D eigenvalue weighted by atomic mass is 9.83. The first-order valence-corrected chi connectivity index (χ1v) is 6.46. The zero-order valence-corrected chi connectivity index (χ0v) is 11.7. The van der Waals surface area contributed by atoms with Crippen LogP contribution >= 0.6 is 0 Å². The van der Waals surface area contributed by atoms with Gasteiger partial charge in [0.15, 0.2) is 0 Å². The quantitative estimate of drug-likeness (QED) is 0.795. The molecule has 0 aliphatic carbocycles. The smallest absolute Gasteiger partial charge is 0.236 e. The molecule has 98 valence electrons. The lowest BCUT2D eigenvalue weighted by Gasteiger charge is -2.43. The van der Waals surface area contributed by atoms with Crippen LogP contribution in [0.15, 0.2) is 24.3 Å². The molecule has 1 aliphatic heterocycles. The molecule has 2 rings (SSSR count). The molecular formula is C15H22N2O. The summed E-state index contributed by atoms with van der Waals surface area (Å²) in [6.07, 6.45) is 1.03. The van der Waals surface area contributed by atoms with Gasteiger partial charge in [-0.2, -0.15) is 0 Å². The van der Waals surface area contributed by atoms with E-state index in [0.29, 0.717) is 6.54 Å². The van der Waals surface area contributed by atoms with E-state index in [-0.39, 0.29) is 11.4 Å². The summed E-state index contributed by atoms with van der Waals surface area (Å²) in [5.74, 6) is 0.169. The maximum absolute atomic E-state index is 11.9. The van der Waals surface area contributed by atoms with Gasteiger partial charge in [0.1, 0.15) is 0 Å². The van der Waals surface area contributed by atoms with Crippen molar-refractivity contribution >= 4 is 5.91 Å². The zero-order chi connectivity index (χ0) is 13.3. The lowest BCUT2D eigenvalue weighted by Crippen LogP contribution is -2.50. The molecule has 0 aromatic heterocycles. The number of hydrogen-bond donors (Lipinski definition) is 0. The van der Waals surface area contributed by atoms with Crippen molar-refractivity contribution in [2.24, 2.45) is 0 Å². The summed E-state index contributed by atoms with van der Waals surface area (Å²) in [4.78, 5) is 15.8. The molecule has 0 bridgehead atoms. The maximum atomic E-state index is 11.9. The van der Waals surface area contributed by atoms with Gasteiger partial charge in [0, 0.05) is 26.2 Å². The van der Waals surface area contributed by atoms with Crippen LogP contribution in [0.25, 0.3) is 0 Å². The number of fused-ring (bicyclic) bond motifs is 1. The minimum absolute atomic E-state index is 0.0689. The van der Waals surface area contributed by atoms with Gasteiger partial charge in [0.25, 0.3) is 0 Å². The van der Waals surface area contributed by atoms with E-state index in [1.54, 1.807) is 4.90 Å². The first-order valence-electron chi connectivity index (χ1n) is 6.46. The van der Waals surface area contributed by atoms with Crippen LogP contribution in [0.5, 0.6) is 0 Å². The Bertz CT molecular complexity index is 452. The molecule has 3 nitrogen and oxygen atoms in total. The van der Waals surface area contributed by atoms with Crippen LogP contribution in [0.4, 0.5) is 0 Å². The highest BCUT2D eigenvalue weighted by atomic mass is 16.2. The van der Waals surface area contributed by atoms with Gasteiger partial charge in [-0.3, -0.25) is 9.69 Å². The molecule has 1 aromatic carbocycles. The van der Waals surface area contributed by atoms with Crippen LogP contribution in [-0.2, 0) is 16.8 Å². The summed E-state index contributed by atoms with van der Waals surface area (Å²) in [5, 5.41) is 0. The highest BCUT2D eigenvalue weighted by Crippen LogP contribution is 2.34. The van der Waals surface area contributed by atoms with E-state index in [2.05, 4.69) is 43.0 Å². The summed E-state index contributed by atoms with van der Waals surface area (Å²) in [7, 11) is 3.63. The van der Waals surface area contributed by atoms with Crippen molar-refractivity contribution in [2.45, 2.75) is 25.8 Å². The van der Waals surface area contributed by atoms with E-state index < -0.39 is 0 Å². The van der Waals surface area contributed by atoms with E-state index in [0.717, 1.165) is 13.0 Å². The molecule has 1 amide bonds. The number of nitrogens with zero attached hydrogens (tertiary/aromatic N) is 2. The van der Waals surface area contributed by atoms with Crippen LogP contribution in [0.1, 0.15) is 25.0 Å². The van der Waals surface area contributed by atoms with Crippen molar-refractivity contribution in [1.29, 1.82) is 0 Å². The Morgan fingerprint density at radius 2 is 2.00 bits per heavy atom. The molecule has 1 aromatic rings. The second-order valence-corrected chi connectivity index (χ2v) is 5.68. The molecular weight excluding hydrogens is 224 g/mol. The Kier molecular flexibility index (Phi) is 3.44. The highest BCUT2D eigenvalue weighted by molar-refractivity contribution is 5.77. The molecule has 0 radical (unpaired) electrons. The van der Waals surface area contributed by atoms with Crippen molar-refractivity contribution in [3.63, 3.8) is 0 Å². The second kappa shape index (κ2) is 4.73. The van der Waals surface area contributed by atoms with Crippen LogP contribution < -0.4 is 0 Å². The highest BCUT2D eigenvalue weighted by Gasteiger charge is 2.35. The van der Waals surface area contributed by atoms with Gasteiger partial charge in [-0.25, -0.2) is 0 Å². The topological polar surface area (TPSA) is 23.6 Å². The Morgan fingerprint density at radius 3 is 2.67 bits per heavy atom. The number of rotatable bonds is 2. The molecule has 0 saturated carbocycles. The van der Waals surface area contributed by atoms with Gasteiger partial charge in [-0.15, -0.1) is 0 Å². The van der Waals surface area contributed by atoms with Gasteiger partial charge >= 0.3 is 0 Å². The lowest BCUT2D eigenvalue weighted by molar-refractivity contribution is -0.131. The fourth-order valence-corrected chi connectivity index (χ4v) is 2.62. The normalized spacial score (nSPS) is 18.2. The van der Waals surface area contributed by atoms with Crippen LogP contribution in [0.3, 0.4) is 0 Å². The van der Waals surface area contributed by atoms with E-state index >= 15 is 0 Å². The summed E-state index contributed by atoms with van der Waals surface area (Å²) >= 11 is 0. The standard InChI is InChI=1S/C15H22N2O/c1-15(2)13-8-6-5-7-12(13)9-10-17(15)11-14(18)16(3)4/h5-8H,9-11H2,1-4H3. The third kappa shape index (κ3) is 2.27. The molecule has 0 N–H and O–H groups in total. The molecule has 18 heavy (non-hydrogen) atoms. The number of hydrogen-bond acceptors (Lipinski definition) is 2. The second-order valence-electron chi connectivity index (χ2n) is 5.68. The molecule has 3 heteroatoms. The summed E-state index contributed by atoms with van der Waals surface area (Å²) in [6, 6.07) is 8.55. The van der Waals surface area contributed by atoms with Crippen molar-refractivity contribution < 1.29 is 4.79 Å². The predicted octanol–water partition coefficient (Wildman–Crippen LogP) is 1.87. The molecule has 0 spiro atoms. The molecule has 1 heterocycles. The first-order chi connectivity index (χ1) is 8.43. The minimum Gasteiger partial charge on any atom is -0.348 e.